The van der Waals surface area contributed by atoms with Gasteiger partial charge in [0.1, 0.15) is 6.04 Å². The van der Waals surface area contributed by atoms with E-state index in [1.165, 1.54) is 4.31 Å². The standard InChI is InChI=1S/C21H28N2O4SSi/c1-29(2,3)27-22-21(24)20-15-18-11-7-8-12-19(18)16-23(20)28(25,26)14-13-17-9-5-4-6-10-17/h4-12,20H,13-16H2,1-3H3,(H,22,24)/t20-/m1/s1. The van der Waals surface area contributed by atoms with Crippen LogP contribution in [-0.2, 0) is 38.7 Å². The molecule has 29 heavy (non-hydrogen) atoms. The van der Waals surface area contributed by atoms with Crippen LogP contribution in [0, 0.1) is 0 Å². The Kier molecular flexibility index (Phi) is 6.57. The SMILES string of the molecule is C[Si](C)(C)ONC(=O)[C@H]1Cc2ccccc2CN1S(=O)(=O)CCc1ccccc1. The van der Waals surface area contributed by atoms with Crippen molar-refractivity contribution in [2.24, 2.45) is 0 Å². The van der Waals surface area contributed by atoms with Crippen molar-refractivity contribution in [3.63, 3.8) is 0 Å². The molecule has 1 N–H and O–H groups in total. The number of hydrogen-bond acceptors (Lipinski definition) is 4. The van der Waals surface area contributed by atoms with Crippen molar-refractivity contribution in [1.82, 2.24) is 9.79 Å². The van der Waals surface area contributed by atoms with Crippen molar-refractivity contribution in [1.29, 1.82) is 0 Å². The van der Waals surface area contributed by atoms with Crippen LogP contribution >= 0.6 is 0 Å². The van der Waals surface area contributed by atoms with Crippen molar-refractivity contribution >= 4 is 24.2 Å². The van der Waals surface area contributed by atoms with Gasteiger partial charge in [-0.2, -0.15) is 4.31 Å². The maximum atomic E-state index is 13.2. The fourth-order valence-corrected chi connectivity index (χ4v) is 5.32. The van der Waals surface area contributed by atoms with Crippen molar-refractivity contribution in [2.45, 2.75) is 45.1 Å². The Bertz CT molecular complexity index is 958. The third-order valence-corrected chi connectivity index (χ3v) is 7.35. The topological polar surface area (TPSA) is 75.7 Å². The normalized spacial score (nSPS) is 17.6. The molecule has 0 spiro atoms. The second-order valence-electron chi connectivity index (χ2n) is 8.27. The van der Waals surface area contributed by atoms with Gasteiger partial charge in [0.2, 0.25) is 18.3 Å². The molecule has 1 heterocycles. The zero-order chi connectivity index (χ0) is 21.1. The molecule has 2 aromatic carbocycles. The van der Waals surface area contributed by atoms with Crippen LogP contribution < -0.4 is 5.48 Å². The fraction of sp³-hybridized carbons (Fsp3) is 0.381. The minimum absolute atomic E-state index is 0.0438. The smallest absolute Gasteiger partial charge is 0.261 e. The zero-order valence-corrected chi connectivity index (χ0v) is 18.9. The first-order chi connectivity index (χ1) is 13.7. The zero-order valence-electron chi connectivity index (χ0n) is 17.1. The number of carbonyl (C=O) groups is 1. The molecular weight excluding hydrogens is 404 g/mol. The fourth-order valence-electron chi connectivity index (χ4n) is 3.29. The molecule has 0 saturated carbocycles. The summed E-state index contributed by atoms with van der Waals surface area (Å²) < 4.78 is 33.3. The maximum Gasteiger partial charge on any atom is 0.261 e. The number of nitrogens with one attached hydrogen (secondary N) is 1. The van der Waals surface area contributed by atoms with E-state index in [2.05, 4.69) is 5.48 Å². The Hall–Kier alpha value is -2.00. The second-order valence-corrected chi connectivity index (χ2v) is 14.7. The largest absolute Gasteiger partial charge is 0.320 e. The van der Waals surface area contributed by atoms with Crippen LogP contribution in [0.2, 0.25) is 19.6 Å². The molecule has 0 aliphatic carbocycles. The van der Waals surface area contributed by atoms with Gasteiger partial charge in [-0.15, -0.1) is 0 Å². The molecule has 1 amide bonds. The summed E-state index contributed by atoms with van der Waals surface area (Å²) in [5.74, 6) is -0.456. The first-order valence-corrected chi connectivity index (χ1v) is 14.8. The third-order valence-electron chi connectivity index (χ3n) is 4.81. The number of rotatable bonds is 7. The van der Waals surface area contributed by atoms with E-state index in [0.717, 1.165) is 16.7 Å². The van der Waals surface area contributed by atoms with Gasteiger partial charge in [-0.1, -0.05) is 54.6 Å². The highest BCUT2D eigenvalue weighted by Gasteiger charge is 2.39. The number of hydroxylamine groups is 1. The van der Waals surface area contributed by atoms with Crippen LogP contribution in [0.1, 0.15) is 16.7 Å². The molecule has 0 unspecified atom stereocenters. The second kappa shape index (κ2) is 8.79. The maximum absolute atomic E-state index is 13.2. The molecule has 0 saturated heterocycles. The Morgan fingerprint density at radius 1 is 1.07 bits per heavy atom. The first-order valence-electron chi connectivity index (χ1n) is 9.74. The highest BCUT2D eigenvalue weighted by molar-refractivity contribution is 7.89. The van der Waals surface area contributed by atoms with Crippen molar-refractivity contribution < 1.29 is 17.7 Å². The Morgan fingerprint density at radius 3 is 2.34 bits per heavy atom. The van der Waals surface area contributed by atoms with Gasteiger partial charge in [-0.25, -0.2) is 13.9 Å². The van der Waals surface area contributed by atoms with E-state index >= 15 is 0 Å². The Balaban J connectivity index is 1.82. The summed E-state index contributed by atoms with van der Waals surface area (Å²) in [6, 6.07) is 16.4. The van der Waals surface area contributed by atoms with Crippen LogP contribution in [0.5, 0.6) is 0 Å². The molecule has 0 radical (unpaired) electrons. The summed E-state index contributed by atoms with van der Waals surface area (Å²) in [4.78, 5) is 12.9. The van der Waals surface area contributed by atoms with E-state index < -0.39 is 30.3 Å². The van der Waals surface area contributed by atoms with E-state index in [1.54, 1.807) is 0 Å². The lowest BCUT2D eigenvalue weighted by Gasteiger charge is -2.35. The molecule has 1 aliphatic rings. The van der Waals surface area contributed by atoms with Gasteiger partial charge >= 0.3 is 0 Å². The minimum atomic E-state index is -3.64. The number of aryl methyl sites for hydroxylation is 1. The summed E-state index contributed by atoms with van der Waals surface area (Å²) in [5, 5.41) is 0. The van der Waals surface area contributed by atoms with Gasteiger partial charge < -0.3 is 4.53 Å². The molecule has 2 aromatic rings. The van der Waals surface area contributed by atoms with Gasteiger partial charge in [0.25, 0.3) is 5.91 Å². The summed E-state index contributed by atoms with van der Waals surface area (Å²) in [5.41, 5.74) is 5.40. The molecule has 1 aliphatic heterocycles. The predicted octanol–water partition coefficient (Wildman–Crippen LogP) is 2.87. The minimum Gasteiger partial charge on any atom is -0.320 e. The number of fused-ring (bicyclic) bond motifs is 1. The van der Waals surface area contributed by atoms with Gasteiger partial charge in [0.05, 0.1) is 5.75 Å². The van der Waals surface area contributed by atoms with E-state index in [1.807, 2.05) is 74.2 Å². The molecule has 156 valence electrons. The van der Waals surface area contributed by atoms with Crippen molar-refractivity contribution in [3.8, 4) is 0 Å². The number of benzene rings is 2. The van der Waals surface area contributed by atoms with E-state index in [4.69, 9.17) is 4.53 Å². The number of amides is 1. The first kappa shape index (κ1) is 21.7. The monoisotopic (exact) mass is 432 g/mol. The van der Waals surface area contributed by atoms with Gasteiger partial charge in [0, 0.05) is 6.54 Å². The number of nitrogens with zero attached hydrogens (tertiary/aromatic N) is 1. The van der Waals surface area contributed by atoms with Crippen LogP contribution in [-0.4, -0.2) is 38.7 Å². The Labute approximate surface area is 174 Å². The van der Waals surface area contributed by atoms with Gasteiger partial charge in [-0.05, 0) is 49.2 Å². The molecule has 8 heteroatoms. The Morgan fingerprint density at radius 2 is 1.69 bits per heavy atom. The summed E-state index contributed by atoms with van der Waals surface area (Å²) in [6.07, 6.45) is 0.739. The predicted molar refractivity (Wildman–Crippen MR) is 116 cm³/mol. The highest BCUT2D eigenvalue weighted by Crippen LogP contribution is 2.26. The lowest BCUT2D eigenvalue weighted by atomic mass is 9.95. The van der Waals surface area contributed by atoms with Crippen molar-refractivity contribution in [3.05, 3.63) is 71.3 Å². The quantitative estimate of drug-likeness (QED) is 0.539. The third kappa shape index (κ3) is 5.76. The average molecular weight is 433 g/mol. The summed E-state index contributed by atoms with van der Waals surface area (Å²) in [7, 11) is -5.63. The van der Waals surface area contributed by atoms with Crippen LogP contribution in [0.4, 0.5) is 0 Å². The average Bonchev–Trinajstić information content (AvgIpc) is 2.70. The van der Waals surface area contributed by atoms with E-state index in [9.17, 15) is 13.2 Å². The van der Waals surface area contributed by atoms with Gasteiger partial charge in [0.15, 0.2) is 0 Å². The number of carbonyl (C=O) groups excluding carboxylic acids is 1. The molecule has 6 nitrogen and oxygen atoms in total. The number of sulfonamides is 1. The summed E-state index contributed by atoms with van der Waals surface area (Å²) >= 11 is 0. The van der Waals surface area contributed by atoms with Crippen LogP contribution in [0.25, 0.3) is 0 Å². The molecule has 0 fully saturated rings. The van der Waals surface area contributed by atoms with Crippen molar-refractivity contribution in [2.75, 3.05) is 5.75 Å². The molecule has 1 atom stereocenters. The van der Waals surface area contributed by atoms with Crippen LogP contribution in [0.15, 0.2) is 54.6 Å². The number of hydrogen-bond donors (Lipinski definition) is 1. The lowest BCUT2D eigenvalue weighted by Crippen LogP contribution is -2.54. The lowest BCUT2D eigenvalue weighted by molar-refractivity contribution is -0.132. The summed E-state index contributed by atoms with van der Waals surface area (Å²) in [6.45, 7) is 6.06. The molecule has 0 bridgehead atoms. The molecule has 0 aromatic heterocycles. The van der Waals surface area contributed by atoms with E-state index in [0.29, 0.717) is 12.8 Å². The molecule has 3 rings (SSSR count). The van der Waals surface area contributed by atoms with Gasteiger partial charge in [-0.3, -0.25) is 4.79 Å². The van der Waals surface area contributed by atoms with Crippen LogP contribution in [0.3, 0.4) is 0 Å². The highest BCUT2D eigenvalue weighted by atomic mass is 32.2. The van der Waals surface area contributed by atoms with E-state index in [-0.39, 0.29) is 12.3 Å². The molecular formula is C21H28N2O4SSi.